The van der Waals surface area contributed by atoms with Crippen molar-refractivity contribution in [3.05, 3.63) is 0 Å². The van der Waals surface area contributed by atoms with Gasteiger partial charge in [-0.2, -0.15) is 0 Å². The molecule has 1 aliphatic carbocycles. The van der Waals surface area contributed by atoms with Crippen LogP contribution in [0, 0.1) is 5.92 Å². The Morgan fingerprint density at radius 2 is 2.00 bits per heavy atom. The van der Waals surface area contributed by atoms with Gasteiger partial charge in [0.05, 0.1) is 5.92 Å². The second kappa shape index (κ2) is 2.17. The van der Waals surface area contributed by atoms with Crippen molar-refractivity contribution in [1.82, 2.24) is 0 Å². The fraction of sp³-hybridized carbons (Fsp3) is 0.750. The zero-order valence-corrected chi connectivity index (χ0v) is 4.78. The van der Waals surface area contributed by atoms with E-state index in [0.717, 1.165) is 0 Å². The summed E-state index contributed by atoms with van der Waals surface area (Å²) in [6, 6.07) is 0. The summed E-state index contributed by atoms with van der Waals surface area (Å²) in [5.41, 5.74) is 5.19. The Morgan fingerprint density at radius 3 is 2.00 bits per heavy atom. The lowest BCUT2D eigenvalue weighted by molar-refractivity contribution is -0.119. The first-order valence-electron chi connectivity index (χ1n) is 2.18. The van der Waals surface area contributed by atoms with Crippen molar-refractivity contribution in [2.75, 3.05) is 0 Å². The summed E-state index contributed by atoms with van der Waals surface area (Å²) in [4.78, 5) is 0. The van der Waals surface area contributed by atoms with Gasteiger partial charge in [0.15, 0.2) is 0 Å². The number of nitrogens with two attached hydrogens (primary N) is 2. The minimum absolute atomic E-state index is 0. The van der Waals surface area contributed by atoms with Gasteiger partial charge in [-0.05, 0) is 12.8 Å². The molecule has 0 saturated heterocycles. The van der Waals surface area contributed by atoms with Gasteiger partial charge in [-0.25, -0.2) is 0 Å². The fourth-order valence-corrected chi connectivity index (χ4v) is 0.417. The van der Waals surface area contributed by atoms with Crippen molar-refractivity contribution in [2.24, 2.45) is 11.7 Å². The second-order valence-electron chi connectivity index (χ2n) is 1.77. The molecule has 0 atom stereocenters. The number of amidine groups is 1. The standard InChI is InChI=1S/C4H8N2.ClH/c5-4(6)3-1-2-3;/h3H,1-2H2,(H3,5,6);1H. The molecule has 1 saturated carbocycles. The summed E-state index contributed by atoms with van der Waals surface area (Å²) in [5.74, 6) is 1.19. The zero-order valence-electron chi connectivity index (χ0n) is 4.02. The smallest absolute Gasteiger partial charge is 0.241 e. The molecule has 1 fully saturated rings. The summed E-state index contributed by atoms with van der Waals surface area (Å²) in [7, 11) is 0. The summed E-state index contributed by atoms with van der Waals surface area (Å²) in [6.07, 6.45) is 2.42. The van der Waals surface area contributed by atoms with Gasteiger partial charge < -0.3 is 12.4 Å². The third-order valence-corrected chi connectivity index (χ3v) is 1.05. The van der Waals surface area contributed by atoms with Crippen LogP contribution in [0.15, 0.2) is 0 Å². The van der Waals surface area contributed by atoms with E-state index in [1.807, 2.05) is 0 Å². The summed E-state index contributed by atoms with van der Waals surface area (Å²) in [6.45, 7) is 0. The van der Waals surface area contributed by atoms with Gasteiger partial charge in [0.2, 0.25) is 5.84 Å². The van der Waals surface area contributed by atoms with Crippen LogP contribution in [-0.4, -0.2) is 5.84 Å². The lowest BCUT2D eigenvalue weighted by Crippen LogP contribution is -3.00. The topological polar surface area (TPSA) is 51.6 Å². The van der Waals surface area contributed by atoms with Crippen LogP contribution in [0.2, 0.25) is 0 Å². The van der Waals surface area contributed by atoms with Crippen LogP contribution in [-0.2, 0) is 0 Å². The van der Waals surface area contributed by atoms with Crippen LogP contribution in [0.4, 0.5) is 0 Å². The Kier molecular flexibility index (Phi) is 2.09. The van der Waals surface area contributed by atoms with E-state index >= 15 is 0 Å². The minimum atomic E-state index is 0. The largest absolute Gasteiger partial charge is 1.00 e. The van der Waals surface area contributed by atoms with Gasteiger partial charge in [0.25, 0.3) is 0 Å². The molecule has 1 aliphatic rings. The van der Waals surface area contributed by atoms with E-state index in [4.69, 9.17) is 11.1 Å². The molecule has 0 aromatic rings. The molecule has 7 heavy (non-hydrogen) atoms. The maximum atomic E-state index is 5.19. The zero-order chi connectivity index (χ0) is 4.57. The Hall–Kier alpha value is -0.240. The molecule has 2 nitrogen and oxygen atoms in total. The normalized spacial score (nSPS) is 17.7. The molecular weight excluding hydrogens is 112 g/mol. The average molecular weight is 121 g/mol. The lowest BCUT2D eigenvalue weighted by atomic mass is 10.4. The highest BCUT2D eigenvalue weighted by atomic mass is 35.5. The van der Waals surface area contributed by atoms with Gasteiger partial charge in [-0.1, -0.05) is 0 Å². The van der Waals surface area contributed by atoms with E-state index in [2.05, 4.69) is 0 Å². The SMILES string of the molecule is NC(=[NH2+])C1CC1.[Cl-]. The van der Waals surface area contributed by atoms with Gasteiger partial charge >= 0.3 is 0 Å². The second-order valence-corrected chi connectivity index (χ2v) is 1.77. The molecule has 42 valence electrons. The Bertz CT molecular complexity index is 77.8. The van der Waals surface area contributed by atoms with Crippen molar-refractivity contribution in [1.29, 1.82) is 0 Å². The Morgan fingerprint density at radius 1 is 1.57 bits per heavy atom. The summed E-state index contributed by atoms with van der Waals surface area (Å²) in [5, 5.41) is 5.19. The van der Waals surface area contributed by atoms with Crippen LogP contribution in [0.5, 0.6) is 0 Å². The van der Waals surface area contributed by atoms with E-state index in [9.17, 15) is 0 Å². The highest BCUT2D eigenvalue weighted by molar-refractivity contribution is 5.78. The maximum Gasteiger partial charge on any atom is 0.241 e. The quantitative estimate of drug-likeness (QED) is 0.266. The molecule has 0 radical (unpaired) electrons. The first kappa shape index (κ1) is 6.76. The monoisotopic (exact) mass is 120 g/mol. The van der Waals surface area contributed by atoms with Crippen LogP contribution >= 0.6 is 0 Å². The molecule has 0 aliphatic heterocycles. The first-order valence-corrected chi connectivity index (χ1v) is 2.18. The number of hydrogen-bond acceptors (Lipinski definition) is 0. The molecule has 0 aromatic carbocycles. The molecule has 1 rings (SSSR count). The Labute approximate surface area is 49.0 Å². The predicted octanol–water partition coefficient (Wildman–Crippen LogP) is -4.48. The third-order valence-electron chi connectivity index (χ3n) is 1.05. The Balaban J connectivity index is 0.000000360. The predicted molar refractivity (Wildman–Crippen MR) is 23.8 cm³/mol. The molecule has 0 heterocycles. The van der Waals surface area contributed by atoms with Crippen LogP contribution in [0.3, 0.4) is 0 Å². The van der Waals surface area contributed by atoms with Crippen LogP contribution in [0.1, 0.15) is 12.8 Å². The summed E-state index contributed by atoms with van der Waals surface area (Å²) < 4.78 is 0. The molecule has 0 bridgehead atoms. The first-order chi connectivity index (χ1) is 2.80. The number of hydrogen-bond donors (Lipinski definition) is 2. The van der Waals surface area contributed by atoms with E-state index < -0.39 is 0 Å². The lowest BCUT2D eigenvalue weighted by Gasteiger charge is -1.74. The number of halogens is 1. The molecule has 0 spiro atoms. The van der Waals surface area contributed by atoms with Gasteiger partial charge in [-0.15, -0.1) is 0 Å². The van der Waals surface area contributed by atoms with Gasteiger partial charge in [-0.3, -0.25) is 11.1 Å². The average Bonchev–Trinajstić information content (AvgIpc) is 2.06. The van der Waals surface area contributed by atoms with Gasteiger partial charge in [0, 0.05) is 0 Å². The minimum Gasteiger partial charge on any atom is -1.00 e. The van der Waals surface area contributed by atoms with Crippen molar-refractivity contribution >= 4 is 5.84 Å². The third kappa shape index (κ3) is 1.78. The van der Waals surface area contributed by atoms with Crippen LogP contribution in [0.25, 0.3) is 0 Å². The molecule has 0 aromatic heterocycles. The van der Waals surface area contributed by atoms with Crippen molar-refractivity contribution < 1.29 is 17.8 Å². The van der Waals surface area contributed by atoms with Crippen molar-refractivity contribution in [2.45, 2.75) is 12.8 Å². The molecule has 0 amide bonds. The highest BCUT2D eigenvalue weighted by Crippen LogP contribution is 2.26. The molecule has 0 unspecified atom stereocenters. The maximum absolute atomic E-state index is 5.19. The van der Waals surface area contributed by atoms with Crippen molar-refractivity contribution in [3.8, 4) is 0 Å². The van der Waals surface area contributed by atoms with Crippen molar-refractivity contribution in [3.63, 3.8) is 0 Å². The van der Waals surface area contributed by atoms with Crippen LogP contribution < -0.4 is 23.5 Å². The highest BCUT2D eigenvalue weighted by Gasteiger charge is 2.28. The molecule has 3 heteroatoms. The summed E-state index contributed by atoms with van der Waals surface area (Å²) >= 11 is 0. The molecule has 4 N–H and O–H groups in total. The molecular formula is C4H9ClN2. The van der Waals surface area contributed by atoms with Gasteiger partial charge in [0.1, 0.15) is 0 Å². The van der Waals surface area contributed by atoms with E-state index in [1.54, 1.807) is 0 Å². The number of rotatable bonds is 1. The van der Waals surface area contributed by atoms with E-state index in [1.165, 1.54) is 12.8 Å². The van der Waals surface area contributed by atoms with E-state index in [-0.39, 0.29) is 12.4 Å². The van der Waals surface area contributed by atoms with E-state index in [0.29, 0.717) is 11.8 Å². The fourth-order valence-electron chi connectivity index (χ4n) is 0.417.